The topological polar surface area (TPSA) is 115 Å². The van der Waals surface area contributed by atoms with Crippen LogP contribution < -0.4 is 16.0 Å². The van der Waals surface area contributed by atoms with Crippen molar-refractivity contribution >= 4 is 29.3 Å². The number of nitrogens with one attached hydrogen (secondary N) is 3. The van der Waals surface area contributed by atoms with Gasteiger partial charge < -0.3 is 25.8 Å². The zero-order valence-corrected chi connectivity index (χ0v) is 22.7. The first-order valence-electron chi connectivity index (χ1n) is 12.5. The van der Waals surface area contributed by atoms with Gasteiger partial charge in [0.25, 0.3) is 0 Å². The molecule has 0 saturated heterocycles. The third-order valence-corrected chi connectivity index (χ3v) is 5.33. The van der Waals surface area contributed by atoms with Crippen molar-refractivity contribution in [1.82, 2.24) is 30.1 Å². The molecule has 38 heavy (non-hydrogen) atoms. The first kappa shape index (κ1) is 30.2. The summed E-state index contributed by atoms with van der Waals surface area (Å²) in [5.41, 5.74) is 1.08. The van der Waals surface area contributed by atoms with E-state index in [4.69, 9.17) is 0 Å². The Bertz CT molecular complexity index is 1160. The van der Waals surface area contributed by atoms with Crippen LogP contribution in [0, 0.1) is 17.7 Å². The van der Waals surface area contributed by atoms with E-state index in [1.54, 1.807) is 26.2 Å². The van der Waals surface area contributed by atoms with Gasteiger partial charge in [0, 0.05) is 45.2 Å². The minimum Gasteiger partial charge on any atom is -0.369 e. The Morgan fingerprint density at radius 3 is 2.68 bits per heavy atom. The second-order valence-corrected chi connectivity index (χ2v) is 8.89. The Kier molecular flexibility index (Phi) is 12.7. The van der Waals surface area contributed by atoms with Crippen molar-refractivity contribution in [2.24, 2.45) is 0 Å². The van der Waals surface area contributed by atoms with Gasteiger partial charge in [-0.05, 0) is 33.9 Å². The van der Waals surface area contributed by atoms with Gasteiger partial charge >= 0.3 is 0 Å². The minimum absolute atomic E-state index is 0.217. The van der Waals surface area contributed by atoms with Crippen molar-refractivity contribution in [2.45, 2.75) is 39.2 Å². The van der Waals surface area contributed by atoms with E-state index in [-0.39, 0.29) is 11.8 Å². The number of pyridine rings is 1. The molecule has 0 saturated carbocycles. The fourth-order valence-corrected chi connectivity index (χ4v) is 3.06. The van der Waals surface area contributed by atoms with E-state index < -0.39 is 11.9 Å². The van der Waals surface area contributed by atoms with E-state index in [1.165, 1.54) is 23.2 Å². The quantitative estimate of drug-likeness (QED) is 0.208. The van der Waals surface area contributed by atoms with Crippen molar-refractivity contribution in [3.8, 4) is 11.8 Å². The Morgan fingerprint density at radius 1 is 1.18 bits per heavy atom. The Balaban J connectivity index is 1.87. The molecule has 1 atom stereocenters. The molecule has 0 aromatic carbocycles. The molecule has 204 valence electrons. The molecule has 0 aliphatic carbocycles. The zero-order valence-electron chi connectivity index (χ0n) is 22.7. The van der Waals surface area contributed by atoms with E-state index in [0.29, 0.717) is 55.5 Å². The summed E-state index contributed by atoms with van der Waals surface area (Å²) in [5, 5.41) is 9.03. The molecule has 0 radical (unpaired) electrons. The summed E-state index contributed by atoms with van der Waals surface area (Å²) in [5.74, 6) is 6.16. The minimum atomic E-state index is -0.586. The van der Waals surface area contributed by atoms with Gasteiger partial charge in [0.2, 0.25) is 17.8 Å². The Hall–Kier alpha value is -4.04. The van der Waals surface area contributed by atoms with Crippen LogP contribution in [0.3, 0.4) is 0 Å². The van der Waals surface area contributed by atoms with Crippen LogP contribution in [0.15, 0.2) is 36.8 Å². The van der Waals surface area contributed by atoms with E-state index in [0.717, 1.165) is 12.6 Å². The molecule has 2 amide bonds. The number of nitrogens with zero attached hydrogens (tertiary/aromatic N) is 5. The Labute approximate surface area is 224 Å². The molecule has 2 heterocycles. The highest BCUT2D eigenvalue weighted by Gasteiger charge is 2.20. The van der Waals surface area contributed by atoms with Crippen molar-refractivity contribution in [2.75, 3.05) is 51.4 Å². The molecule has 2 rings (SSSR count). The molecule has 2 aromatic heterocycles. The lowest BCUT2D eigenvalue weighted by atomic mass is 10.2. The van der Waals surface area contributed by atoms with Crippen LogP contribution in [0.2, 0.25) is 0 Å². The van der Waals surface area contributed by atoms with Crippen LogP contribution in [0.5, 0.6) is 0 Å². The van der Waals surface area contributed by atoms with Gasteiger partial charge in [-0.3, -0.25) is 14.6 Å². The summed E-state index contributed by atoms with van der Waals surface area (Å²) in [6, 6.07) is 0.722. The molecule has 0 unspecified atom stereocenters. The lowest BCUT2D eigenvalue weighted by molar-refractivity contribution is -0.135. The highest BCUT2D eigenvalue weighted by atomic mass is 19.1. The maximum Gasteiger partial charge on any atom is 0.246 e. The molecule has 0 bridgehead atoms. The number of rotatable bonds is 13. The van der Waals surface area contributed by atoms with Gasteiger partial charge in [0.15, 0.2) is 0 Å². The fourth-order valence-electron chi connectivity index (χ4n) is 3.06. The molecule has 0 aliphatic heterocycles. The summed E-state index contributed by atoms with van der Waals surface area (Å²) in [6.07, 6.45) is 9.57. The van der Waals surface area contributed by atoms with Crippen LogP contribution in [0.4, 0.5) is 21.8 Å². The number of likely N-dealkylation sites (N-methyl/N-ethyl adjacent to an activating group) is 2. The van der Waals surface area contributed by atoms with Crippen molar-refractivity contribution in [3.63, 3.8) is 0 Å². The molecule has 2 aromatic rings. The molecule has 11 heteroatoms. The lowest BCUT2D eigenvalue weighted by Gasteiger charge is -2.23. The molecular weight excluding hydrogens is 487 g/mol. The SMILES string of the molecule is CCCNc1nc(Nc2cncc(F)c2)ncc1C#CCCCNC(=O)[C@H](C)N(C)C(=O)/C=C/CN(C)C. The second-order valence-electron chi connectivity index (χ2n) is 8.89. The van der Waals surface area contributed by atoms with Crippen LogP contribution in [-0.4, -0.2) is 83.4 Å². The monoisotopic (exact) mass is 524 g/mol. The molecular formula is C27H37FN8O2. The average Bonchev–Trinajstić information content (AvgIpc) is 2.88. The van der Waals surface area contributed by atoms with E-state index >= 15 is 0 Å². The predicted molar refractivity (Wildman–Crippen MR) is 147 cm³/mol. The third-order valence-electron chi connectivity index (χ3n) is 5.33. The van der Waals surface area contributed by atoms with Crippen LogP contribution in [-0.2, 0) is 9.59 Å². The summed E-state index contributed by atoms with van der Waals surface area (Å²) < 4.78 is 13.4. The van der Waals surface area contributed by atoms with Gasteiger partial charge in [-0.1, -0.05) is 24.8 Å². The fraction of sp³-hybridized carbons (Fsp3) is 0.444. The van der Waals surface area contributed by atoms with Gasteiger partial charge in [0.05, 0.1) is 29.8 Å². The van der Waals surface area contributed by atoms with Gasteiger partial charge in [-0.25, -0.2) is 9.37 Å². The number of aromatic nitrogens is 3. The van der Waals surface area contributed by atoms with Crippen LogP contribution >= 0.6 is 0 Å². The number of unbranched alkanes of at least 4 members (excludes halogenated alkanes) is 1. The van der Waals surface area contributed by atoms with Gasteiger partial charge in [0.1, 0.15) is 17.7 Å². The lowest BCUT2D eigenvalue weighted by Crippen LogP contribution is -2.45. The Morgan fingerprint density at radius 2 is 1.97 bits per heavy atom. The second kappa shape index (κ2) is 15.9. The molecule has 0 fully saturated rings. The van der Waals surface area contributed by atoms with E-state index in [1.807, 2.05) is 25.9 Å². The van der Waals surface area contributed by atoms with Crippen molar-refractivity contribution in [3.05, 3.63) is 48.2 Å². The van der Waals surface area contributed by atoms with Crippen molar-refractivity contribution in [1.29, 1.82) is 0 Å². The highest BCUT2D eigenvalue weighted by molar-refractivity contribution is 5.92. The van der Waals surface area contributed by atoms with Crippen molar-refractivity contribution < 1.29 is 14.0 Å². The maximum atomic E-state index is 13.4. The molecule has 0 spiro atoms. The zero-order chi connectivity index (χ0) is 27.9. The number of anilines is 3. The first-order valence-corrected chi connectivity index (χ1v) is 12.5. The smallest absolute Gasteiger partial charge is 0.246 e. The molecule has 3 N–H and O–H groups in total. The predicted octanol–water partition coefficient (Wildman–Crippen LogP) is 2.79. The van der Waals surface area contributed by atoms with Crippen LogP contribution in [0.1, 0.15) is 38.7 Å². The summed E-state index contributed by atoms with van der Waals surface area (Å²) in [7, 11) is 5.44. The number of hydrogen-bond donors (Lipinski definition) is 3. The highest BCUT2D eigenvalue weighted by Crippen LogP contribution is 2.17. The molecule has 0 aliphatic rings. The molecule has 10 nitrogen and oxygen atoms in total. The van der Waals surface area contributed by atoms with E-state index in [2.05, 4.69) is 42.7 Å². The summed E-state index contributed by atoms with van der Waals surface area (Å²) in [4.78, 5) is 40.6. The van der Waals surface area contributed by atoms with Gasteiger partial charge in [-0.2, -0.15) is 4.98 Å². The summed E-state index contributed by atoms with van der Waals surface area (Å²) in [6.45, 7) is 5.54. The largest absolute Gasteiger partial charge is 0.369 e. The standard InChI is InChI=1S/C27H37FN8O2/c1-6-13-30-25-21(17-32-27(34-25)33-23-16-22(28)18-29-19-23)11-8-7-9-14-31-26(38)20(2)36(5)24(37)12-10-15-35(3)4/h10,12,16-20H,6-7,9,13-15H2,1-5H3,(H,31,38)(H2,30,32,33,34)/b12-10+/t20-/m0/s1. The van der Waals surface area contributed by atoms with Gasteiger partial charge in [-0.15, -0.1) is 0 Å². The number of carbonyl (C=O) groups is 2. The number of amides is 2. The first-order chi connectivity index (χ1) is 18.2. The van der Waals surface area contributed by atoms with E-state index in [9.17, 15) is 14.0 Å². The average molecular weight is 525 g/mol. The van der Waals surface area contributed by atoms with Crippen LogP contribution in [0.25, 0.3) is 0 Å². The number of hydrogen-bond acceptors (Lipinski definition) is 8. The third kappa shape index (κ3) is 10.5. The number of halogens is 1. The summed E-state index contributed by atoms with van der Waals surface area (Å²) >= 11 is 0. The normalized spacial score (nSPS) is 11.6. The number of carbonyl (C=O) groups excluding carboxylic acids is 2. The maximum absolute atomic E-state index is 13.4.